The minimum atomic E-state index is -3.03. The van der Waals surface area contributed by atoms with Gasteiger partial charge in [0, 0.05) is 12.2 Å². The molecule has 1 saturated heterocycles. The molecule has 0 saturated carbocycles. The molecule has 1 unspecified atom stereocenters. The van der Waals surface area contributed by atoms with E-state index in [9.17, 15) is 13.2 Å². The molecule has 0 aliphatic carbocycles. The molecule has 2 N–H and O–H groups in total. The van der Waals surface area contributed by atoms with Crippen LogP contribution in [0.5, 0.6) is 5.75 Å². The second-order valence-corrected chi connectivity index (χ2v) is 8.56. The van der Waals surface area contributed by atoms with Crippen molar-refractivity contribution in [3.05, 3.63) is 47.7 Å². The van der Waals surface area contributed by atoms with E-state index in [0.717, 1.165) is 11.3 Å². The van der Waals surface area contributed by atoms with Gasteiger partial charge in [-0.05, 0) is 43.2 Å². The SMILES string of the molecule is COc1ccc(C)cc1Nc1ccc(C(=O)NC2CCS(=O)(=O)C2)cn1. The van der Waals surface area contributed by atoms with Crippen LogP contribution in [0.25, 0.3) is 0 Å². The molecule has 1 amide bonds. The van der Waals surface area contributed by atoms with Crippen molar-refractivity contribution in [1.82, 2.24) is 10.3 Å². The number of pyridine rings is 1. The molecule has 0 spiro atoms. The molecular formula is C18H21N3O4S. The Balaban J connectivity index is 1.67. The minimum Gasteiger partial charge on any atom is -0.495 e. The first-order chi connectivity index (χ1) is 12.4. The molecule has 0 radical (unpaired) electrons. The third kappa shape index (κ3) is 4.32. The summed E-state index contributed by atoms with van der Waals surface area (Å²) in [6.07, 6.45) is 1.91. The average Bonchev–Trinajstić information content (AvgIpc) is 2.94. The third-order valence-corrected chi connectivity index (χ3v) is 5.98. The summed E-state index contributed by atoms with van der Waals surface area (Å²) in [6.45, 7) is 1.98. The second-order valence-electron chi connectivity index (χ2n) is 6.33. The molecule has 7 nitrogen and oxygen atoms in total. The van der Waals surface area contributed by atoms with E-state index in [-0.39, 0.29) is 23.5 Å². The summed E-state index contributed by atoms with van der Waals surface area (Å²) in [4.78, 5) is 16.5. The minimum absolute atomic E-state index is 0.00103. The predicted octanol–water partition coefficient (Wildman–Crippen LogP) is 2.06. The van der Waals surface area contributed by atoms with Gasteiger partial charge in [0.15, 0.2) is 9.84 Å². The number of aryl methyl sites for hydroxylation is 1. The molecule has 1 aromatic carbocycles. The first-order valence-electron chi connectivity index (χ1n) is 8.25. The van der Waals surface area contributed by atoms with E-state index in [2.05, 4.69) is 15.6 Å². The fourth-order valence-corrected chi connectivity index (χ4v) is 4.51. The molecule has 1 atom stereocenters. The van der Waals surface area contributed by atoms with Gasteiger partial charge in [0.25, 0.3) is 5.91 Å². The van der Waals surface area contributed by atoms with Crippen molar-refractivity contribution in [3.63, 3.8) is 0 Å². The lowest BCUT2D eigenvalue weighted by atomic mass is 10.2. The smallest absolute Gasteiger partial charge is 0.253 e. The van der Waals surface area contributed by atoms with Gasteiger partial charge in [-0.1, -0.05) is 6.07 Å². The highest BCUT2D eigenvalue weighted by atomic mass is 32.2. The number of hydrogen-bond donors (Lipinski definition) is 2. The van der Waals surface area contributed by atoms with Crippen LogP contribution in [0.4, 0.5) is 11.5 Å². The van der Waals surface area contributed by atoms with Crippen molar-refractivity contribution in [2.24, 2.45) is 0 Å². The summed E-state index contributed by atoms with van der Waals surface area (Å²) in [6, 6.07) is 8.78. The molecule has 3 rings (SSSR count). The molecule has 8 heteroatoms. The quantitative estimate of drug-likeness (QED) is 0.830. The summed E-state index contributed by atoms with van der Waals surface area (Å²) in [5, 5.41) is 5.91. The Kier molecular flexibility index (Phi) is 5.13. The number of carbonyl (C=O) groups is 1. The zero-order valence-electron chi connectivity index (χ0n) is 14.7. The van der Waals surface area contributed by atoms with Crippen LogP contribution in [-0.2, 0) is 9.84 Å². The van der Waals surface area contributed by atoms with Crippen LogP contribution >= 0.6 is 0 Å². The van der Waals surface area contributed by atoms with Crippen LogP contribution in [-0.4, -0.2) is 44.0 Å². The van der Waals surface area contributed by atoms with Gasteiger partial charge in [-0.15, -0.1) is 0 Å². The standard InChI is InChI=1S/C18H21N3O4S/c1-12-3-5-16(25-2)15(9-12)21-17-6-4-13(10-19-17)18(22)20-14-7-8-26(23,24)11-14/h3-6,9-10,14H,7-8,11H2,1-2H3,(H,19,21)(H,20,22). The number of nitrogens with one attached hydrogen (secondary N) is 2. The monoisotopic (exact) mass is 375 g/mol. The fourth-order valence-electron chi connectivity index (χ4n) is 2.84. The molecule has 26 heavy (non-hydrogen) atoms. The van der Waals surface area contributed by atoms with E-state index >= 15 is 0 Å². The summed E-state index contributed by atoms with van der Waals surface area (Å²) >= 11 is 0. The van der Waals surface area contributed by atoms with E-state index in [4.69, 9.17) is 4.74 Å². The molecule has 138 valence electrons. The Hall–Kier alpha value is -2.61. The van der Waals surface area contributed by atoms with Crippen molar-refractivity contribution >= 4 is 27.2 Å². The largest absolute Gasteiger partial charge is 0.495 e. The van der Waals surface area contributed by atoms with Crippen LogP contribution in [0.2, 0.25) is 0 Å². The third-order valence-electron chi connectivity index (χ3n) is 4.21. The zero-order valence-corrected chi connectivity index (χ0v) is 15.5. The number of anilines is 2. The van der Waals surface area contributed by atoms with Gasteiger partial charge in [0.1, 0.15) is 11.6 Å². The highest BCUT2D eigenvalue weighted by Gasteiger charge is 2.29. The van der Waals surface area contributed by atoms with E-state index < -0.39 is 9.84 Å². The molecule has 1 aliphatic heterocycles. The van der Waals surface area contributed by atoms with E-state index in [1.54, 1.807) is 19.2 Å². The normalized spacial score (nSPS) is 18.3. The predicted molar refractivity (Wildman–Crippen MR) is 99.8 cm³/mol. The maximum Gasteiger partial charge on any atom is 0.253 e. The van der Waals surface area contributed by atoms with Gasteiger partial charge < -0.3 is 15.4 Å². The van der Waals surface area contributed by atoms with Crippen LogP contribution in [0.3, 0.4) is 0 Å². The summed E-state index contributed by atoms with van der Waals surface area (Å²) in [7, 11) is -1.43. The lowest BCUT2D eigenvalue weighted by Crippen LogP contribution is -2.35. The Morgan fingerprint density at radius 2 is 2.08 bits per heavy atom. The number of nitrogens with zero attached hydrogens (tertiary/aromatic N) is 1. The number of methoxy groups -OCH3 is 1. The number of benzene rings is 1. The Morgan fingerprint density at radius 3 is 2.69 bits per heavy atom. The van der Waals surface area contributed by atoms with Crippen molar-refractivity contribution in [1.29, 1.82) is 0 Å². The number of carbonyl (C=O) groups excluding carboxylic acids is 1. The van der Waals surface area contributed by atoms with Crippen molar-refractivity contribution in [2.45, 2.75) is 19.4 Å². The van der Waals surface area contributed by atoms with Gasteiger partial charge in [-0.3, -0.25) is 4.79 Å². The van der Waals surface area contributed by atoms with Gasteiger partial charge in [0.05, 0.1) is 29.9 Å². The Labute approximate surface area is 152 Å². The van der Waals surface area contributed by atoms with E-state index in [0.29, 0.717) is 23.6 Å². The fraction of sp³-hybridized carbons (Fsp3) is 0.333. The highest BCUT2D eigenvalue weighted by Crippen LogP contribution is 2.27. The maximum absolute atomic E-state index is 12.2. The van der Waals surface area contributed by atoms with Crippen molar-refractivity contribution < 1.29 is 17.9 Å². The van der Waals surface area contributed by atoms with E-state index in [1.165, 1.54) is 6.20 Å². The topological polar surface area (TPSA) is 97.4 Å². The zero-order chi connectivity index (χ0) is 18.7. The Bertz CT molecular complexity index is 911. The number of sulfone groups is 1. The number of hydrogen-bond acceptors (Lipinski definition) is 6. The van der Waals surface area contributed by atoms with Crippen LogP contribution in [0.15, 0.2) is 36.5 Å². The summed E-state index contributed by atoms with van der Waals surface area (Å²) in [5.41, 5.74) is 2.25. The van der Waals surface area contributed by atoms with Gasteiger partial charge >= 0.3 is 0 Å². The van der Waals surface area contributed by atoms with Crippen molar-refractivity contribution in [3.8, 4) is 5.75 Å². The van der Waals surface area contributed by atoms with Crippen molar-refractivity contribution in [2.75, 3.05) is 23.9 Å². The van der Waals surface area contributed by atoms with Gasteiger partial charge in [0.2, 0.25) is 0 Å². The van der Waals surface area contributed by atoms with Gasteiger partial charge in [-0.2, -0.15) is 0 Å². The van der Waals surface area contributed by atoms with Crippen LogP contribution < -0.4 is 15.4 Å². The molecular weight excluding hydrogens is 354 g/mol. The van der Waals surface area contributed by atoms with E-state index in [1.807, 2.05) is 25.1 Å². The lowest BCUT2D eigenvalue weighted by molar-refractivity contribution is 0.0941. The lowest BCUT2D eigenvalue weighted by Gasteiger charge is -2.13. The number of aromatic nitrogens is 1. The van der Waals surface area contributed by atoms with Crippen LogP contribution in [0, 0.1) is 6.92 Å². The molecule has 1 aromatic heterocycles. The average molecular weight is 375 g/mol. The molecule has 1 aliphatic rings. The molecule has 2 aromatic rings. The Morgan fingerprint density at radius 1 is 1.27 bits per heavy atom. The first-order valence-corrected chi connectivity index (χ1v) is 10.1. The summed E-state index contributed by atoms with van der Waals surface area (Å²) < 4.78 is 28.3. The van der Waals surface area contributed by atoms with Crippen LogP contribution in [0.1, 0.15) is 22.3 Å². The number of rotatable bonds is 5. The number of ether oxygens (including phenoxy) is 1. The molecule has 1 fully saturated rings. The summed E-state index contributed by atoms with van der Waals surface area (Å²) in [5.74, 6) is 1.07. The van der Waals surface area contributed by atoms with Gasteiger partial charge in [-0.25, -0.2) is 13.4 Å². The number of amides is 1. The molecule has 2 heterocycles. The first kappa shape index (κ1) is 18.2. The maximum atomic E-state index is 12.2. The molecule has 0 bridgehead atoms. The highest BCUT2D eigenvalue weighted by molar-refractivity contribution is 7.91. The second kappa shape index (κ2) is 7.33.